The van der Waals surface area contributed by atoms with E-state index in [1.807, 2.05) is 74.5 Å². The Kier molecular flexibility index (Phi) is 9.21. The molecule has 1 aliphatic heterocycles. The lowest BCUT2D eigenvalue weighted by molar-refractivity contribution is -0.0928. The van der Waals surface area contributed by atoms with Crippen molar-refractivity contribution in [2.24, 2.45) is 0 Å². The van der Waals surface area contributed by atoms with Crippen LogP contribution in [0.2, 0.25) is 0 Å². The molecule has 0 saturated carbocycles. The number of ether oxygens (including phenoxy) is 3. The molecule has 0 spiro atoms. The van der Waals surface area contributed by atoms with E-state index in [9.17, 15) is 10.2 Å². The van der Waals surface area contributed by atoms with Crippen LogP contribution in [-0.2, 0) is 31.2 Å². The molecule has 0 saturated heterocycles. The van der Waals surface area contributed by atoms with Crippen LogP contribution in [0.25, 0.3) is 6.08 Å². The number of nitrogens with zero attached hydrogens (tertiary/aromatic N) is 2. The molecule has 0 bridgehead atoms. The molecule has 0 aliphatic carbocycles. The molecular formula is C31H32N2O5. The fourth-order valence-corrected chi connectivity index (χ4v) is 4.10. The van der Waals surface area contributed by atoms with Crippen molar-refractivity contribution in [2.45, 2.75) is 46.6 Å². The highest BCUT2D eigenvalue weighted by Gasteiger charge is 2.27. The number of aromatic nitrogens is 2. The Morgan fingerprint density at radius 1 is 0.895 bits per heavy atom. The van der Waals surface area contributed by atoms with Crippen molar-refractivity contribution >= 4 is 6.08 Å². The maximum Gasteiger partial charge on any atom is 0.185 e. The second-order valence-corrected chi connectivity index (χ2v) is 8.80. The molecule has 5 rings (SSSR count). The number of rotatable bonds is 8. The van der Waals surface area contributed by atoms with Crippen molar-refractivity contribution in [1.29, 1.82) is 0 Å². The van der Waals surface area contributed by atoms with Crippen LogP contribution < -0.4 is 9.47 Å². The molecule has 0 radical (unpaired) electrons. The number of aryl methyl sites for hydroxylation is 2. The molecular weight excluding hydrogens is 480 g/mol. The molecule has 4 aromatic rings. The summed E-state index contributed by atoms with van der Waals surface area (Å²) in [5.74, 6) is 1.32. The summed E-state index contributed by atoms with van der Waals surface area (Å²) < 4.78 is 16.9. The summed E-state index contributed by atoms with van der Waals surface area (Å²) in [5, 5.41) is 19.2. The third-order valence-corrected chi connectivity index (χ3v) is 6.14. The third kappa shape index (κ3) is 6.44. The summed E-state index contributed by atoms with van der Waals surface area (Å²) >= 11 is 0. The maximum atomic E-state index is 9.85. The predicted octanol–water partition coefficient (Wildman–Crippen LogP) is 5.59. The molecule has 2 aromatic carbocycles. The number of aliphatic hydroxyl groups excluding tert-OH is 2. The Labute approximate surface area is 223 Å². The van der Waals surface area contributed by atoms with E-state index < -0.39 is 6.29 Å². The van der Waals surface area contributed by atoms with Crippen LogP contribution in [0.5, 0.6) is 11.5 Å². The second-order valence-electron chi connectivity index (χ2n) is 8.80. The first-order valence-electron chi connectivity index (χ1n) is 12.3. The van der Waals surface area contributed by atoms with Gasteiger partial charge in [0.1, 0.15) is 24.7 Å². The lowest BCUT2D eigenvalue weighted by Gasteiger charge is -2.14. The van der Waals surface area contributed by atoms with Crippen LogP contribution in [0.3, 0.4) is 0 Å². The number of hydrogen-bond donors (Lipinski definition) is 2. The first kappa shape index (κ1) is 27.0. The highest BCUT2D eigenvalue weighted by molar-refractivity contribution is 5.60. The third-order valence-electron chi connectivity index (χ3n) is 6.14. The molecule has 1 unspecified atom stereocenters. The van der Waals surface area contributed by atoms with Crippen LogP contribution in [0.15, 0.2) is 79.6 Å². The summed E-state index contributed by atoms with van der Waals surface area (Å²) in [6, 6.07) is 19.8. The largest absolute Gasteiger partial charge is 0.487 e. The number of aliphatic hydroxyl groups is 2. The zero-order valence-electron chi connectivity index (χ0n) is 21.6. The van der Waals surface area contributed by atoms with E-state index in [-0.39, 0.29) is 6.61 Å². The van der Waals surface area contributed by atoms with Crippen molar-refractivity contribution in [1.82, 2.24) is 9.97 Å². The molecule has 0 fully saturated rings. The van der Waals surface area contributed by atoms with Gasteiger partial charge in [-0.1, -0.05) is 73.3 Å². The summed E-state index contributed by atoms with van der Waals surface area (Å²) in [6.07, 6.45) is 4.17. The van der Waals surface area contributed by atoms with Gasteiger partial charge in [0.2, 0.25) is 0 Å². The first-order valence-corrected chi connectivity index (χ1v) is 12.3. The molecule has 0 amide bonds. The summed E-state index contributed by atoms with van der Waals surface area (Å²) in [4.78, 5) is 8.52. The first-order chi connectivity index (χ1) is 18.5. The lowest BCUT2D eigenvalue weighted by Crippen LogP contribution is -2.04. The Morgan fingerprint density at radius 2 is 1.45 bits per heavy atom. The normalized spacial score (nSPS) is 13.7. The molecule has 3 heterocycles. The van der Waals surface area contributed by atoms with Crippen molar-refractivity contribution in [3.63, 3.8) is 0 Å². The molecule has 2 aromatic heterocycles. The summed E-state index contributed by atoms with van der Waals surface area (Å²) in [6.45, 7) is 8.76. The molecule has 1 atom stereocenters. The average Bonchev–Trinajstić information content (AvgIpc) is 3.33. The van der Waals surface area contributed by atoms with Crippen LogP contribution >= 0.6 is 0 Å². The Balaban J connectivity index is 0.000000177. The van der Waals surface area contributed by atoms with E-state index in [0.717, 1.165) is 39.2 Å². The van der Waals surface area contributed by atoms with Gasteiger partial charge < -0.3 is 24.4 Å². The van der Waals surface area contributed by atoms with E-state index in [1.54, 1.807) is 18.5 Å². The van der Waals surface area contributed by atoms with Gasteiger partial charge in [-0.15, -0.1) is 0 Å². The Hall–Kier alpha value is -4.04. The Morgan fingerprint density at radius 3 is 2.03 bits per heavy atom. The van der Waals surface area contributed by atoms with E-state index >= 15 is 0 Å². The average molecular weight is 513 g/mol. The number of pyridine rings is 2. The molecule has 2 N–H and O–H groups in total. The van der Waals surface area contributed by atoms with Crippen LogP contribution in [0, 0.1) is 13.8 Å². The number of fused-ring (bicyclic) bond motifs is 1. The van der Waals surface area contributed by atoms with Crippen LogP contribution in [-0.4, -0.2) is 20.2 Å². The van der Waals surface area contributed by atoms with Crippen LogP contribution in [0.4, 0.5) is 0 Å². The van der Waals surface area contributed by atoms with E-state index in [2.05, 4.69) is 16.5 Å². The quantitative estimate of drug-likeness (QED) is 0.318. The van der Waals surface area contributed by atoms with Gasteiger partial charge in [0, 0.05) is 29.1 Å². The number of hydrogen-bond acceptors (Lipinski definition) is 7. The lowest BCUT2D eigenvalue weighted by atomic mass is 10.1. The highest BCUT2D eigenvalue weighted by Crippen LogP contribution is 2.37. The van der Waals surface area contributed by atoms with E-state index in [0.29, 0.717) is 36.9 Å². The smallest absolute Gasteiger partial charge is 0.185 e. The van der Waals surface area contributed by atoms with Gasteiger partial charge in [0.15, 0.2) is 6.29 Å². The van der Waals surface area contributed by atoms with Gasteiger partial charge in [-0.25, -0.2) is 0 Å². The molecule has 7 nitrogen and oxygen atoms in total. The minimum Gasteiger partial charge on any atom is -0.487 e. The standard InChI is InChI=1S/C16H17NO2.C15H15NO3/c1-3-15-14(10-18)9-17-12(2)16(15)19-11-13-7-5-4-6-8-13;1-10-14(18-8-11-5-3-2-4-6-11)13-12(7-16-10)9-19-15(13)17/h3-9,18H,1,10-11H2,2H3;2-7,15,17H,8-9H2,1H3. The van der Waals surface area contributed by atoms with Crippen molar-refractivity contribution < 1.29 is 24.4 Å². The predicted molar refractivity (Wildman–Crippen MR) is 145 cm³/mol. The molecule has 196 valence electrons. The topological polar surface area (TPSA) is 93.9 Å². The van der Waals surface area contributed by atoms with E-state index in [1.165, 1.54) is 0 Å². The van der Waals surface area contributed by atoms with Crippen molar-refractivity contribution in [2.75, 3.05) is 0 Å². The summed E-state index contributed by atoms with van der Waals surface area (Å²) in [7, 11) is 0. The van der Waals surface area contributed by atoms with Gasteiger partial charge >= 0.3 is 0 Å². The van der Waals surface area contributed by atoms with Crippen LogP contribution in [0.1, 0.15) is 51.1 Å². The highest BCUT2D eigenvalue weighted by atomic mass is 16.6. The minimum atomic E-state index is -0.914. The monoisotopic (exact) mass is 512 g/mol. The van der Waals surface area contributed by atoms with E-state index in [4.69, 9.17) is 14.2 Å². The fraction of sp³-hybridized carbons (Fsp3) is 0.226. The fourth-order valence-electron chi connectivity index (χ4n) is 4.10. The number of benzene rings is 2. The molecule has 7 heteroatoms. The molecule has 1 aliphatic rings. The van der Waals surface area contributed by atoms with Gasteiger partial charge in [-0.3, -0.25) is 9.97 Å². The zero-order valence-corrected chi connectivity index (χ0v) is 21.6. The van der Waals surface area contributed by atoms with Gasteiger partial charge in [0.25, 0.3) is 0 Å². The van der Waals surface area contributed by atoms with Gasteiger partial charge in [0.05, 0.1) is 30.2 Å². The SMILES string of the molecule is C=Cc1c(CO)cnc(C)c1OCc1ccccc1.Cc1ncc2c(c1OCc1ccccc1)C(O)OC2. The van der Waals surface area contributed by atoms with Gasteiger partial charge in [-0.05, 0) is 25.0 Å². The van der Waals surface area contributed by atoms with Crippen molar-refractivity contribution in [3.05, 3.63) is 124 Å². The van der Waals surface area contributed by atoms with Gasteiger partial charge in [-0.2, -0.15) is 0 Å². The zero-order chi connectivity index (χ0) is 26.9. The van der Waals surface area contributed by atoms with Crippen molar-refractivity contribution in [3.8, 4) is 11.5 Å². The maximum absolute atomic E-state index is 9.85. The second kappa shape index (κ2) is 13.0. The Bertz CT molecular complexity index is 1360. The minimum absolute atomic E-state index is 0.0731. The molecule has 38 heavy (non-hydrogen) atoms. The summed E-state index contributed by atoms with van der Waals surface area (Å²) in [5.41, 5.74) is 6.86.